The minimum Gasteiger partial charge on any atom is -0.428 e. The van der Waals surface area contributed by atoms with Crippen molar-refractivity contribution < 1.29 is 28.2 Å². The predicted molar refractivity (Wildman–Crippen MR) is 108 cm³/mol. The number of esters is 2. The number of nitrogens with zero attached hydrogens (tertiary/aromatic N) is 1. The van der Waals surface area contributed by atoms with Crippen LogP contribution in [0, 0.1) is 11.2 Å². The first-order valence-electron chi connectivity index (χ1n) is 10.3. The normalized spacial score (nSPS) is 20.0. The van der Waals surface area contributed by atoms with Crippen LogP contribution in [0.4, 0.5) is 4.39 Å². The van der Waals surface area contributed by atoms with Gasteiger partial charge in [0.15, 0.2) is 0 Å². The number of likely N-dealkylation sites (tertiary alicyclic amines) is 1. The molecule has 30 heavy (non-hydrogen) atoms. The van der Waals surface area contributed by atoms with E-state index in [2.05, 4.69) is 0 Å². The van der Waals surface area contributed by atoms with E-state index < -0.39 is 36.2 Å². The molecule has 1 aromatic carbocycles. The summed E-state index contributed by atoms with van der Waals surface area (Å²) in [5.74, 6) is -1.77. The molecule has 7 nitrogen and oxygen atoms in total. The monoisotopic (exact) mass is 422 g/mol. The van der Waals surface area contributed by atoms with Gasteiger partial charge in [-0.1, -0.05) is 26.0 Å². The summed E-state index contributed by atoms with van der Waals surface area (Å²) in [5.41, 5.74) is 5.60. The average Bonchev–Trinajstić information content (AvgIpc) is 3.14. The van der Waals surface area contributed by atoms with Crippen LogP contribution in [0.1, 0.15) is 65.0 Å². The zero-order chi connectivity index (χ0) is 22.5. The molecule has 1 saturated heterocycles. The number of ether oxygens (including phenoxy) is 2. The summed E-state index contributed by atoms with van der Waals surface area (Å²) in [6.07, 6.45) is 1.97. The Bertz CT molecular complexity index is 779. The van der Waals surface area contributed by atoms with Crippen LogP contribution >= 0.6 is 0 Å². The maximum absolute atomic E-state index is 13.9. The van der Waals surface area contributed by atoms with Crippen molar-refractivity contribution >= 4 is 17.8 Å². The van der Waals surface area contributed by atoms with Crippen molar-refractivity contribution in [1.82, 2.24) is 4.90 Å². The van der Waals surface area contributed by atoms with E-state index in [0.717, 1.165) is 0 Å². The van der Waals surface area contributed by atoms with Crippen LogP contribution in [0.3, 0.4) is 0 Å². The van der Waals surface area contributed by atoms with Gasteiger partial charge in [-0.15, -0.1) is 0 Å². The zero-order valence-electron chi connectivity index (χ0n) is 18.0. The van der Waals surface area contributed by atoms with Gasteiger partial charge >= 0.3 is 11.9 Å². The van der Waals surface area contributed by atoms with Crippen LogP contribution in [0.25, 0.3) is 0 Å². The number of benzene rings is 1. The number of carbonyl (C=O) groups excluding carboxylic acids is 3. The van der Waals surface area contributed by atoms with Gasteiger partial charge in [-0.05, 0) is 50.3 Å². The molecule has 2 rings (SSSR count). The lowest BCUT2D eigenvalue weighted by atomic mass is 9.74. The maximum atomic E-state index is 13.9. The van der Waals surface area contributed by atoms with E-state index in [9.17, 15) is 18.8 Å². The van der Waals surface area contributed by atoms with Crippen molar-refractivity contribution in [2.45, 2.75) is 71.5 Å². The average molecular weight is 422 g/mol. The number of hydrogen-bond acceptors (Lipinski definition) is 6. The number of nitrogens with two attached hydrogens (primary N) is 1. The summed E-state index contributed by atoms with van der Waals surface area (Å²) in [5, 5.41) is 0. The van der Waals surface area contributed by atoms with Crippen molar-refractivity contribution in [3.8, 4) is 0 Å². The molecule has 0 radical (unpaired) electrons. The van der Waals surface area contributed by atoms with Crippen LogP contribution in [-0.2, 0) is 23.9 Å². The Morgan fingerprint density at radius 3 is 2.43 bits per heavy atom. The first-order chi connectivity index (χ1) is 14.2. The molecular weight excluding hydrogens is 391 g/mol. The summed E-state index contributed by atoms with van der Waals surface area (Å²) >= 11 is 0. The molecule has 1 aliphatic rings. The lowest BCUT2D eigenvalue weighted by molar-refractivity contribution is -0.178. The van der Waals surface area contributed by atoms with E-state index in [1.165, 1.54) is 19.1 Å². The van der Waals surface area contributed by atoms with Crippen molar-refractivity contribution in [3.63, 3.8) is 0 Å². The molecule has 0 aromatic heterocycles. The van der Waals surface area contributed by atoms with Crippen molar-refractivity contribution in [2.75, 3.05) is 6.79 Å². The molecule has 0 saturated carbocycles. The van der Waals surface area contributed by atoms with Gasteiger partial charge in [-0.3, -0.25) is 14.4 Å². The first kappa shape index (κ1) is 23.8. The molecule has 1 aromatic rings. The van der Waals surface area contributed by atoms with Gasteiger partial charge in [0, 0.05) is 13.0 Å². The summed E-state index contributed by atoms with van der Waals surface area (Å²) in [7, 11) is 0. The van der Waals surface area contributed by atoms with E-state index in [4.69, 9.17) is 15.2 Å². The lowest BCUT2D eigenvalue weighted by Crippen LogP contribution is -2.54. The summed E-state index contributed by atoms with van der Waals surface area (Å²) in [4.78, 5) is 38.8. The third kappa shape index (κ3) is 4.80. The third-order valence-electron chi connectivity index (χ3n) is 6.02. The van der Waals surface area contributed by atoms with Gasteiger partial charge in [-0.25, -0.2) is 4.39 Å². The second-order valence-corrected chi connectivity index (χ2v) is 7.75. The molecule has 8 heteroatoms. The minimum atomic E-state index is -0.993. The second-order valence-electron chi connectivity index (χ2n) is 7.75. The van der Waals surface area contributed by atoms with Gasteiger partial charge in [0.1, 0.15) is 5.82 Å². The molecule has 1 heterocycles. The van der Waals surface area contributed by atoms with Gasteiger partial charge < -0.3 is 20.1 Å². The molecule has 1 fully saturated rings. The SMILES string of the molecule is CCC(CC)(C(=O)OCOC(C)=O)[C@H]1CC[C@@H](c2cccc(F)c2)N1C(=O)[C@@H](C)N. The highest BCUT2D eigenvalue weighted by atomic mass is 19.1. The van der Waals surface area contributed by atoms with Crippen molar-refractivity contribution in [3.05, 3.63) is 35.6 Å². The fourth-order valence-electron chi connectivity index (χ4n) is 4.39. The molecule has 0 unspecified atom stereocenters. The molecule has 2 N–H and O–H groups in total. The minimum absolute atomic E-state index is 0.300. The molecule has 1 amide bonds. The fourth-order valence-corrected chi connectivity index (χ4v) is 4.39. The Morgan fingerprint density at radius 2 is 1.90 bits per heavy atom. The smallest absolute Gasteiger partial charge is 0.317 e. The Morgan fingerprint density at radius 1 is 1.23 bits per heavy atom. The number of rotatable bonds is 8. The van der Waals surface area contributed by atoms with Gasteiger partial charge in [0.2, 0.25) is 12.7 Å². The van der Waals surface area contributed by atoms with Crippen LogP contribution in [-0.4, -0.2) is 41.6 Å². The van der Waals surface area contributed by atoms with E-state index in [-0.39, 0.29) is 17.8 Å². The molecular formula is C22H31FN2O5. The molecule has 3 atom stereocenters. The Labute approximate surface area is 176 Å². The first-order valence-corrected chi connectivity index (χ1v) is 10.3. The standard InChI is InChI=1S/C22H31FN2O5/c1-5-22(6-2,21(28)30-13-29-15(4)26)19-11-10-18(25(19)20(27)14(3)24)16-8-7-9-17(23)12-16/h7-9,12,14,18-19H,5-6,10-11,13,24H2,1-4H3/t14-,18+,19-/m1/s1. The van der Waals surface area contributed by atoms with Crippen LogP contribution in [0.15, 0.2) is 24.3 Å². The topological polar surface area (TPSA) is 98.9 Å². The van der Waals surface area contributed by atoms with Crippen LogP contribution in [0.2, 0.25) is 0 Å². The molecule has 0 bridgehead atoms. The Hall–Kier alpha value is -2.48. The highest BCUT2D eigenvalue weighted by Gasteiger charge is 2.53. The maximum Gasteiger partial charge on any atom is 0.317 e. The fraction of sp³-hybridized carbons (Fsp3) is 0.591. The third-order valence-corrected chi connectivity index (χ3v) is 6.02. The van der Waals surface area contributed by atoms with Gasteiger partial charge in [-0.2, -0.15) is 0 Å². The molecule has 166 valence electrons. The van der Waals surface area contributed by atoms with Crippen LogP contribution < -0.4 is 5.73 Å². The van der Waals surface area contributed by atoms with Gasteiger partial charge in [0.05, 0.1) is 17.5 Å². The Kier molecular flexibility index (Phi) is 7.95. The summed E-state index contributed by atoms with van der Waals surface area (Å²) in [6, 6.07) is 4.51. The number of halogens is 1. The van der Waals surface area contributed by atoms with E-state index >= 15 is 0 Å². The number of hydrogen-bond donors (Lipinski definition) is 1. The van der Waals surface area contributed by atoms with Crippen molar-refractivity contribution in [1.29, 1.82) is 0 Å². The summed E-state index contributed by atoms with van der Waals surface area (Å²) in [6.45, 7) is 6.07. The number of carbonyl (C=O) groups is 3. The van der Waals surface area contributed by atoms with Crippen molar-refractivity contribution in [2.24, 2.45) is 11.1 Å². The predicted octanol–water partition coefficient (Wildman–Crippen LogP) is 3.08. The molecule has 0 aliphatic carbocycles. The molecule has 0 spiro atoms. The van der Waals surface area contributed by atoms with E-state index in [0.29, 0.717) is 31.2 Å². The highest BCUT2D eigenvalue weighted by molar-refractivity contribution is 5.85. The van der Waals surface area contributed by atoms with E-state index in [1.807, 2.05) is 13.8 Å². The van der Waals surface area contributed by atoms with Crippen LogP contribution in [0.5, 0.6) is 0 Å². The van der Waals surface area contributed by atoms with E-state index in [1.54, 1.807) is 24.0 Å². The number of amides is 1. The highest BCUT2D eigenvalue weighted by Crippen LogP contribution is 2.47. The largest absolute Gasteiger partial charge is 0.428 e. The molecule has 1 aliphatic heterocycles. The summed E-state index contributed by atoms with van der Waals surface area (Å²) < 4.78 is 23.9. The lowest BCUT2D eigenvalue weighted by Gasteiger charge is -2.42. The Balaban J connectivity index is 2.42. The van der Waals surface area contributed by atoms with Gasteiger partial charge in [0.25, 0.3) is 0 Å². The zero-order valence-corrected chi connectivity index (χ0v) is 18.0. The quantitative estimate of drug-likeness (QED) is 0.511. The second kappa shape index (κ2) is 10.0.